The highest BCUT2D eigenvalue weighted by atomic mass is 32.2. The zero-order chi connectivity index (χ0) is 22.5. The van der Waals surface area contributed by atoms with Crippen molar-refractivity contribution in [2.24, 2.45) is 0 Å². The Morgan fingerprint density at radius 3 is 2.75 bits per heavy atom. The number of carbonyl (C=O) groups is 1. The average Bonchev–Trinajstić information content (AvgIpc) is 3.42. The van der Waals surface area contributed by atoms with Gasteiger partial charge in [0.1, 0.15) is 0 Å². The molecule has 0 fully saturated rings. The van der Waals surface area contributed by atoms with Crippen molar-refractivity contribution in [1.82, 2.24) is 25.3 Å². The first-order chi connectivity index (χ1) is 15.5. The lowest BCUT2D eigenvalue weighted by Gasteiger charge is -2.08. The predicted molar refractivity (Wildman–Crippen MR) is 123 cm³/mol. The maximum absolute atomic E-state index is 12.3. The molecule has 2 aromatic carbocycles. The number of rotatable bonds is 8. The van der Waals surface area contributed by atoms with Gasteiger partial charge in [0, 0.05) is 24.1 Å². The molecule has 4 rings (SSSR count). The molecule has 0 radical (unpaired) electrons. The van der Waals surface area contributed by atoms with E-state index >= 15 is 0 Å². The number of aromatic amines is 1. The smallest absolute Gasteiger partial charge is 0.227 e. The van der Waals surface area contributed by atoms with Gasteiger partial charge in [-0.3, -0.25) is 9.89 Å². The van der Waals surface area contributed by atoms with Crippen molar-refractivity contribution in [2.45, 2.75) is 44.5 Å². The Morgan fingerprint density at radius 1 is 1.09 bits per heavy atom. The Kier molecular flexibility index (Phi) is 6.65. The standard InChI is InChI=1S/C23H24N6O2S/c1-14-5-4-6-17(12-14)22-26-23(28-27-22)32-13-19-25-21(31-29-19)10-9-20(30)24-18-8-7-15(2)11-16(18)3/h4-8,11-12H,9-10,13H2,1-3H3,(H,24,30)(H,26,27,28). The van der Waals surface area contributed by atoms with Gasteiger partial charge in [-0.15, -0.1) is 5.10 Å². The molecule has 2 heterocycles. The van der Waals surface area contributed by atoms with Crippen molar-refractivity contribution in [1.29, 1.82) is 0 Å². The van der Waals surface area contributed by atoms with Gasteiger partial charge in [0.05, 0.1) is 5.75 Å². The zero-order valence-electron chi connectivity index (χ0n) is 18.2. The molecule has 2 aromatic heterocycles. The Bertz CT molecular complexity index is 1230. The summed E-state index contributed by atoms with van der Waals surface area (Å²) in [7, 11) is 0. The van der Waals surface area contributed by atoms with Gasteiger partial charge < -0.3 is 9.84 Å². The van der Waals surface area contributed by atoms with E-state index in [9.17, 15) is 4.79 Å². The molecule has 0 unspecified atom stereocenters. The molecule has 1 amide bonds. The highest BCUT2D eigenvalue weighted by Gasteiger charge is 2.12. The minimum atomic E-state index is -0.0875. The molecule has 0 aliphatic carbocycles. The van der Waals surface area contributed by atoms with Crippen LogP contribution in [-0.4, -0.2) is 31.2 Å². The molecule has 0 atom stereocenters. The zero-order valence-corrected chi connectivity index (χ0v) is 19.0. The van der Waals surface area contributed by atoms with E-state index in [0.29, 0.717) is 29.0 Å². The van der Waals surface area contributed by atoms with Gasteiger partial charge in [-0.1, -0.05) is 58.4 Å². The normalized spacial score (nSPS) is 11.0. The number of hydrogen-bond acceptors (Lipinski definition) is 7. The van der Waals surface area contributed by atoms with Crippen LogP contribution in [0.3, 0.4) is 0 Å². The van der Waals surface area contributed by atoms with Crippen molar-refractivity contribution in [3.8, 4) is 11.4 Å². The van der Waals surface area contributed by atoms with Crippen LogP contribution < -0.4 is 5.32 Å². The number of aryl methyl sites for hydroxylation is 4. The molecule has 0 saturated carbocycles. The summed E-state index contributed by atoms with van der Waals surface area (Å²) in [5.74, 6) is 2.09. The third kappa shape index (κ3) is 5.61. The summed E-state index contributed by atoms with van der Waals surface area (Å²) < 4.78 is 5.28. The van der Waals surface area contributed by atoms with Gasteiger partial charge in [0.25, 0.3) is 0 Å². The summed E-state index contributed by atoms with van der Waals surface area (Å²) in [4.78, 5) is 21.1. The molecule has 164 valence electrons. The number of nitrogens with one attached hydrogen (secondary N) is 2. The lowest BCUT2D eigenvalue weighted by Crippen LogP contribution is -2.13. The maximum atomic E-state index is 12.3. The van der Waals surface area contributed by atoms with Crippen LogP contribution in [-0.2, 0) is 17.0 Å². The van der Waals surface area contributed by atoms with Crippen LogP contribution in [0.5, 0.6) is 0 Å². The van der Waals surface area contributed by atoms with Crippen LogP contribution >= 0.6 is 11.8 Å². The number of amides is 1. The van der Waals surface area contributed by atoms with Gasteiger partial charge in [0.15, 0.2) is 11.6 Å². The third-order valence-corrected chi connectivity index (χ3v) is 5.66. The summed E-state index contributed by atoms with van der Waals surface area (Å²) in [6.07, 6.45) is 0.648. The van der Waals surface area contributed by atoms with Crippen molar-refractivity contribution >= 4 is 23.4 Å². The number of nitrogens with zero attached hydrogens (tertiary/aromatic N) is 4. The van der Waals surface area contributed by atoms with E-state index in [1.54, 1.807) is 0 Å². The molecular formula is C23H24N6O2S. The summed E-state index contributed by atoms with van der Waals surface area (Å²) >= 11 is 1.42. The molecule has 9 heteroatoms. The Labute approximate surface area is 190 Å². The van der Waals surface area contributed by atoms with E-state index in [1.807, 2.05) is 57.2 Å². The van der Waals surface area contributed by atoms with Crippen LogP contribution in [0.2, 0.25) is 0 Å². The minimum Gasteiger partial charge on any atom is -0.339 e. The highest BCUT2D eigenvalue weighted by molar-refractivity contribution is 7.98. The van der Waals surface area contributed by atoms with Gasteiger partial charge in [-0.2, -0.15) is 4.98 Å². The largest absolute Gasteiger partial charge is 0.339 e. The fraction of sp³-hybridized carbons (Fsp3) is 0.261. The number of benzene rings is 2. The molecule has 0 bridgehead atoms. The van der Waals surface area contributed by atoms with Crippen molar-refractivity contribution in [3.63, 3.8) is 0 Å². The van der Waals surface area contributed by atoms with Gasteiger partial charge in [0.2, 0.25) is 17.0 Å². The topological polar surface area (TPSA) is 110 Å². The summed E-state index contributed by atoms with van der Waals surface area (Å²) in [5, 5.41) is 14.7. The Morgan fingerprint density at radius 2 is 1.94 bits per heavy atom. The fourth-order valence-electron chi connectivity index (χ4n) is 3.20. The molecule has 0 aliphatic heterocycles. The SMILES string of the molecule is Cc1cccc(-c2nc(SCc3noc(CCC(=O)Nc4ccc(C)cc4C)n3)n[nH]2)c1. The first kappa shape index (κ1) is 21.8. The van der Waals surface area contributed by atoms with Crippen molar-refractivity contribution in [2.75, 3.05) is 5.32 Å². The van der Waals surface area contributed by atoms with Crippen LogP contribution in [0.4, 0.5) is 5.69 Å². The molecule has 0 spiro atoms. The lowest BCUT2D eigenvalue weighted by molar-refractivity contribution is -0.116. The van der Waals surface area contributed by atoms with E-state index < -0.39 is 0 Å². The maximum Gasteiger partial charge on any atom is 0.227 e. The number of H-pyrrole nitrogens is 1. The second kappa shape index (κ2) is 9.78. The average molecular weight is 449 g/mol. The first-order valence-electron chi connectivity index (χ1n) is 10.3. The van der Waals surface area contributed by atoms with Gasteiger partial charge >= 0.3 is 0 Å². The fourth-order valence-corrected chi connectivity index (χ4v) is 3.84. The number of hydrogen-bond donors (Lipinski definition) is 2. The Hall–Kier alpha value is -3.46. The summed E-state index contributed by atoms with van der Waals surface area (Å²) in [6.45, 7) is 6.04. The van der Waals surface area contributed by atoms with E-state index in [4.69, 9.17) is 4.52 Å². The first-order valence-corrected chi connectivity index (χ1v) is 11.3. The van der Waals surface area contributed by atoms with E-state index in [1.165, 1.54) is 11.8 Å². The van der Waals surface area contributed by atoms with Crippen LogP contribution in [0.1, 0.15) is 34.8 Å². The molecule has 2 N–H and O–H groups in total. The monoisotopic (exact) mass is 448 g/mol. The number of thioether (sulfide) groups is 1. The molecule has 32 heavy (non-hydrogen) atoms. The Balaban J connectivity index is 1.26. The quantitative estimate of drug-likeness (QED) is 0.378. The number of anilines is 1. The van der Waals surface area contributed by atoms with E-state index in [2.05, 4.69) is 36.7 Å². The molecule has 8 nitrogen and oxygen atoms in total. The minimum absolute atomic E-state index is 0.0875. The third-order valence-electron chi connectivity index (χ3n) is 4.82. The van der Waals surface area contributed by atoms with Crippen molar-refractivity contribution in [3.05, 3.63) is 70.9 Å². The lowest BCUT2D eigenvalue weighted by atomic mass is 10.1. The number of carbonyl (C=O) groups excluding carboxylic acids is 1. The van der Waals surface area contributed by atoms with Crippen LogP contribution in [0, 0.1) is 20.8 Å². The van der Waals surface area contributed by atoms with Crippen LogP contribution in [0.15, 0.2) is 52.1 Å². The molecule has 0 aliphatic rings. The summed E-state index contributed by atoms with van der Waals surface area (Å²) in [5.41, 5.74) is 5.17. The van der Waals surface area contributed by atoms with Crippen LogP contribution in [0.25, 0.3) is 11.4 Å². The molecular weight excluding hydrogens is 424 g/mol. The molecule has 0 saturated heterocycles. The van der Waals surface area contributed by atoms with E-state index in [-0.39, 0.29) is 12.3 Å². The molecule has 4 aromatic rings. The van der Waals surface area contributed by atoms with E-state index in [0.717, 1.165) is 33.8 Å². The number of aromatic nitrogens is 5. The van der Waals surface area contributed by atoms with Gasteiger partial charge in [-0.25, -0.2) is 4.98 Å². The second-order valence-electron chi connectivity index (χ2n) is 7.60. The van der Waals surface area contributed by atoms with Gasteiger partial charge in [-0.05, 0) is 38.5 Å². The predicted octanol–water partition coefficient (Wildman–Crippen LogP) is 4.64. The second-order valence-corrected chi connectivity index (χ2v) is 8.54. The summed E-state index contributed by atoms with van der Waals surface area (Å²) in [6, 6.07) is 14.0. The van der Waals surface area contributed by atoms with Crippen molar-refractivity contribution < 1.29 is 9.32 Å². The highest BCUT2D eigenvalue weighted by Crippen LogP contribution is 2.22.